The van der Waals surface area contributed by atoms with E-state index in [1.54, 1.807) is 0 Å². The number of fused-ring (bicyclic) bond motifs is 10. The molecule has 1 aliphatic heterocycles. The van der Waals surface area contributed by atoms with Crippen LogP contribution in [0.2, 0.25) is 0 Å². The molecule has 0 bridgehead atoms. The van der Waals surface area contributed by atoms with Crippen molar-refractivity contribution in [2.45, 2.75) is 6.04 Å². The number of rotatable bonds is 1. The van der Waals surface area contributed by atoms with Crippen molar-refractivity contribution in [3.8, 4) is 0 Å². The smallest absolute Gasteiger partial charge is 0.208 e. The number of aliphatic imine (C=N–C) groups is 1. The SMILES string of the molecule is c1ccc2cc3c(cc2c1)c1ccccc1n3C1=NC(c2ccc3sc4ccccc4c3c2)c2oc3ccccc3c2N1. The highest BCUT2D eigenvalue weighted by atomic mass is 32.1. The third-order valence-electron chi connectivity index (χ3n) is 8.83. The summed E-state index contributed by atoms with van der Waals surface area (Å²) in [7, 11) is 0. The topological polar surface area (TPSA) is 42.5 Å². The number of nitrogens with one attached hydrogen (secondary N) is 1. The predicted octanol–water partition coefficient (Wildman–Crippen LogP) is 10.5. The highest BCUT2D eigenvalue weighted by Gasteiger charge is 2.31. The molecular weight excluding hydrogens is 547 g/mol. The Hall–Kier alpha value is -5.39. The maximum absolute atomic E-state index is 6.56. The van der Waals surface area contributed by atoms with E-state index in [0.717, 1.165) is 45.0 Å². The first-order chi connectivity index (χ1) is 21.3. The monoisotopic (exact) mass is 569 g/mol. The Morgan fingerprint density at radius 1 is 0.605 bits per heavy atom. The van der Waals surface area contributed by atoms with E-state index >= 15 is 0 Å². The zero-order valence-corrected chi connectivity index (χ0v) is 23.7. The van der Waals surface area contributed by atoms with E-state index in [1.165, 1.54) is 41.7 Å². The van der Waals surface area contributed by atoms with Gasteiger partial charge in [0.2, 0.25) is 5.96 Å². The fourth-order valence-corrected chi connectivity index (χ4v) is 7.93. The van der Waals surface area contributed by atoms with Crippen molar-refractivity contribution in [2.24, 2.45) is 4.99 Å². The number of thiophene rings is 1. The Kier molecular flexibility index (Phi) is 4.62. The second kappa shape index (κ2) is 8.57. The average Bonchev–Trinajstić information content (AvgIpc) is 3.72. The number of hydrogen-bond donors (Lipinski definition) is 1. The van der Waals surface area contributed by atoms with Crippen molar-refractivity contribution < 1.29 is 4.42 Å². The molecule has 0 radical (unpaired) electrons. The van der Waals surface area contributed by atoms with Gasteiger partial charge in [0.25, 0.3) is 0 Å². The van der Waals surface area contributed by atoms with Gasteiger partial charge in [0.15, 0.2) is 5.76 Å². The molecule has 0 spiro atoms. The highest BCUT2D eigenvalue weighted by molar-refractivity contribution is 7.25. The normalized spacial score (nSPS) is 15.1. The van der Waals surface area contributed by atoms with Crippen LogP contribution in [0.5, 0.6) is 0 Å². The molecule has 1 unspecified atom stereocenters. The van der Waals surface area contributed by atoms with Crippen LogP contribution in [-0.2, 0) is 0 Å². The molecule has 202 valence electrons. The zero-order valence-electron chi connectivity index (χ0n) is 22.9. The van der Waals surface area contributed by atoms with E-state index in [-0.39, 0.29) is 6.04 Å². The lowest BCUT2D eigenvalue weighted by Gasteiger charge is -2.23. The molecular formula is C38H23N3OS. The standard InChI is InChI=1S/C38H23N3OS/c1-2-10-23-21-31-28(19-22(23)9-1)25-11-3-6-14-30(25)41(31)38-39-35(37-36(40-38)27-13-4-7-15-32(27)42-37)24-17-18-34-29(20-24)26-12-5-8-16-33(26)43-34/h1-21,35H,(H,39,40). The van der Waals surface area contributed by atoms with Crippen LogP contribution in [0.3, 0.4) is 0 Å². The average molecular weight is 570 g/mol. The van der Waals surface area contributed by atoms with Gasteiger partial charge in [-0.3, -0.25) is 4.57 Å². The number of anilines is 1. The van der Waals surface area contributed by atoms with Gasteiger partial charge in [0, 0.05) is 36.3 Å². The molecule has 10 rings (SSSR count). The minimum absolute atomic E-state index is 0.307. The summed E-state index contributed by atoms with van der Waals surface area (Å²) in [6.07, 6.45) is 0. The van der Waals surface area contributed by atoms with Crippen LogP contribution in [0, 0.1) is 0 Å². The van der Waals surface area contributed by atoms with Crippen molar-refractivity contribution in [1.82, 2.24) is 4.57 Å². The molecule has 5 heteroatoms. The van der Waals surface area contributed by atoms with Gasteiger partial charge in [-0.1, -0.05) is 78.9 Å². The molecule has 4 nitrogen and oxygen atoms in total. The molecule has 6 aromatic carbocycles. The van der Waals surface area contributed by atoms with Gasteiger partial charge in [-0.25, -0.2) is 4.99 Å². The number of furan rings is 1. The van der Waals surface area contributed by atoms with Gasteiger partial charge in [-0.05, 0) is 64.9 Å². The Morgan fingerprint density at radius 3 is 2.23 bits per heavy atom. The molecule has 0 amide bonds. The van der Waals surface area contributed by atoms with Crippen LogP contribution in [0.15, 0.2) is 137 Å². The number of hydrogen-bond acceptors (Lipinski definition) is 4. The Bertz CT molecular complexity index is 2620. The molecule has 1 atom stereocenters. The van der Waals surface area contributed by atoms with Gasteiger partial charge in [-0.2, -0.15) is 0 Å². The summed E-state index contributed by atoms with van der Waals surface area (Å²) in [4.78, 5) is 5.46. The molecule has 4 heterocycles. The lowest BCUT2D eigenvalue weighted by atomic mass is 10.00. The molecule has 9 aromatic rings. The van der Waals surface area contributed by atoms with Crippen LogP contribution in [-0.4, -0.2) is 10.5 Å². The molecule has 0 fully saturated rings. The van der Waals surface area contributed by atoms with Crippen LogP contribution in [0.4, 0.5) is 5.69 Å². The van der Waals surface area contributed by atoms with Gasteiger partial charge in [0.05, 0.1) is 16.7 Å². The highest BCUT2D eigenvalue weighted by Crippen LogP contribution is 2.44. The molecule has 0 saturated heterocycles. The van der Waals surface area contributed by atoms with Crippen LogP contribution in [0.1, 0.15) is 17.4 Å². The lowest BCUT2D eigenvalue weighted by molar-refractivity contribution is 0.525. The van der Waals surface area contributed by atoms with E-state index < -0.39 is 0 Å². The summed E-state index contributed by atoms with van der Waals surface area (Å²) < 4.78 is 11.4. The van der Waals surface area contributed by atoms with E-state index in [9.17, 15) is 0 Å². The van der Waals surface area contributed by atoms with E-state index in [1.807, 2.05) is 23.5 Å². The summed E-state index contributed by atoms with van der Waals surface area (Å²) in [6.45, 7) is 0. The third-order valence-corrected chi connectivity index (χ3v) is 9.98. The second-order valence-corrected chi connectivity index (χ2v) is 12.3. The van der Waals surface area contributed by atoms with E-state index in [0.29, 0.717) is 0 Å². The van der Waals surface area contributed by atoms with Crippen molar-refractivity contribution in [1.29, 1.82) is 0 Å². The van der Waals surface area contributed by atoms with Gasteiger partial charge in [-0.15, -0.1) is 11.3 Å². The minimum Gasteiger partial charge on any atom is -0.456 e. The fraction of sp³-hybridized carbons (Fsp3) is 0.0263. The second-order valence-electron chi connectivity index (χ2n) is 11.2. The van der Waals surface area contributed by atoms with Gasteiger partial charge in [0.1, 0.15) is 11.6 Å². The molecule has 0 saturated carbocycles. The summed E-state index contributed by atoms with van der Waals surface area (Å²) in [5.74, 6) is 1.64. The van der Waals surface area contributed by atoms with E-state index in [2.05, 4.69) is 125 Å². The fourth-order valence-electron chi connectivity index (χ4n) is 6.85. The quantitative estimate of drug-likeness (QED) is 0.214. The Balaban J connectivity index is 1.27. The molecule has 1 N–H and O–H groups in total. The molecule has 3 aromatic heterocycles. The minimum atomic E-state index is -0.307. The van der Waals surface area contributed by atoms with Crippen LogP contribution < -0.4 is 5.32 Å². The first-order valence-electron chi connectivity index (χ1n) is 14.5. The summed E-state index contributed by atoms with van der Waals surface area (Å²) in [5.41, 5.74) is 5.19. The molecule has 0 aliphatic carbocycles. The number of nitrogens with zero attached hydrogens (tertiary/aromatic N) is 2. The van der Waals surface area contributed by atoms with Crippen LogP contribution in [0.25, 0.3) is 63.7 Å². The number of benzene rings is 6. The van der Waals surface area contributed by atoms with Crippen LogP contribution >= 0.6 is 11.3 Å². The molecule has 1 aliphatic rings. The summed E-state index contributed by atoms with van der Waals surface area (Å²) in [6, 6.07) is 45.1. The van der Waals surface area contributed by atoms with Crippen molar-refractivity contribution in [3.05, 3.63) is 139 Å². The summed E-state index contributed by atoms with van der Waals surface area (Å²) >= 11 is 1.83. The molecule has 43 heavy (non-hydrogen) atoms. The number of para-hydroxylation sites is 2. The Labute approximate surface area is 250 Å². The number of aromatic nitrogens is 1. The Morgan fingerprint density at radius 2 is 1.33 bits per heavy atom. The zero-order chi connectivity index (χ0) is 28.1. The van der Waals surface area contributed by atoms with Crippen molar-refractivity contribution in [2.75, 3.05) is 5.32 Å². The predicted molar refractivity (Wildman–Crippen MR) is 181 cm³/mol. The van der Waals surface area contributed by atoms with Crippen molar-refractivity contribution >= 4 is 86.7 Å². The van der Waals surface area contributed by atoms with Gasteiger partial charge >= 0.3 is 0 Å². The maximum atomic E-state index is 6.56. The maximum Gasteiger partial charge on any atom is 0.208 e. The largest absolute Gasteiger partial charge is 0.456 e. The van der Waals surface area contributed by atoms with Gasteiger partial charge < -0.3 is 9.73 Å². The summed E-state index contributed by atoms with van der Waals surface area (Å²) in [5, 5.41) is 12.2. The third kappa shape index (κ3) is 3.28. The van der Waals surface area contributed by atoms with E-state index in [4.69, 9.17) is 9.41 Å². The van der Waals surface area contributed by atoms with Crippen molar-refractivity contribution in [3.63, 3.8) is 0 Å². The lowest BCUT2D eigenvalue weighted by Crippen LogP contribution is -2.27. The first-order valence-corrected chi connectivity index (χ1v) is 15.3. The first kappa shape index (κ1) is 23.2.